The molecule has 160 valence electrons. The average Bonchev–Trinajstić information content (AvgIpc) is 2.94. The lowest BCUT2D eigenvalue weighted by atomic mass is 9.78. The van der Waals surface area contributed by atoms with Gasteiger partial charge in [-0.2, -0.15) is 0 Å². The van der Waals surface area contributed by atoms with Crippen molar-refractivity contribution in [3.05, 3.63) is 59.7 Å². The summed E-state index contributed by atoms with van der Waals surface area (Å²) in [4.78, 5) is 12.9. The van der Waals surface area contributed by atoms with Gasteiger partial charge < -0.3 is 18.8 Å². The first-order chi connectivity index (χ1) is 14.2. The van der Waals surface area contributed by atoms with E-state index in [2.05, 4.69) is 6.92 Å². The summed E-state index contributed by atoms with van der Waals surface area (Å²) in [7, 11) is -0.555. The summed E-state index contributed by atoms with van der Waals surface area (Å²) in [5.74, 6) is 0.0884. The number of carbonyl (C=O) groups is 1. The first-order valence-electron chi connectivity index (χ1n) is 10.6. The number of unbranched alkanes of at least 4 members (excludes halogenated alkanes) is 1. The van der Waals surface area contributed by atoms with Crippen molar-refractivity contribution in [1.29, 1.82) is 0 Å². The van der Waals surface area contributed by atoms with E-state index in [1.165, 1.54) is 0 Å². The fraction of sp³-hybridized carbons (Fsp3) is 0.458. The summed E-state index contributed by atoms with van der Waals surface area (Å²) in [5.41, 5.74) is 1.17. The molecule has 0 N–H and O–H groups in total. The Morgan fingerprint density at radius 2 is 1.67 bits per heavy atom. The van der Waals surface area contributed by atoms with Gasteiger partial charge in [0, 0.05) is 0 Å². The highest BCUT2D eigenvalue weighted by Crippen LogP contribution is 2.36. The van der Waals surface area contributed by atoms with Crippen LogP contribution in [0.15, 0.2) is 48.5 Å². The number of carbonyl (C=O) groups excluding carboxylic acids is 1. The van der Waals surface area contributed by atoms with E-state index in [1.807, 2.05) is 64.1 Å². The molecule has 0 bridgehead atoms. The Balaban J connectivity index is 1.82. The van der Waals surface area contributed by atoms with Crippen LogP contribution >= 0.6 is 0 Å². The highest BCUT2D eigenvalue weighted by Gasteiger charge is 2.51. The molecule has 0 atom stereocenters. The molecule has 0 spiro atoms. The average molecular weight is 410 g/mol. The van der Waals surface area contributed by atoms with Crippen molar-refractivity contribution in [3.8, 4) is 5.75 Å². The van der Waals surface area contributed by atoms with Crippen molar-refractivity contribution in [2.75, 3.05) is 6.61 Å². The Morgan fingerprint density at radius 3 is 2.30 bits per heavy atom. The Bertz CT molecular complexity index is 847. The third-order valence-corrected chi connectivity index (χ3v) is 5.72. The van der Waals surface area contributed by atoms with Gasteiger partial charge in [0.1, 0.15) is 17.9 Å². The zero-order valence-corrected chi connectivity index (χ0v) is 18.6. The first kappa shape index (κ1) is 22.4. The van der Waals surface area contributed by atoms with E-state index < -0.39 is 24.3 Å². The minimum Gasteiger partial charge on any atom is -0.493 e. The molecule has 6 heteroatoms. The molecule has 1 saturated heterocycles. The van der Waals surface area contributed by atoms with Crippen molar-refractivity contribution < 1.29 is 23.6 Å². The molecular formula is C24H31BO5. The molecule has 0 radical (unpaired) electrons. The van der Waals surface area contributed by atoms with Gasteiger partial charge in [0.15, 0.2) is 0 Å². The Kier molecular flexibility index (Phi) is 6.89. The third kappa shape index (κ3) is 5.05. The monoisotopic (exact) mass is 410 g/mol. The third-order valence-electron chi connectivity index (χ3n) is 5.72. The second-order valence-electron chi connectivity index (χ2n) is 8.61. The fourth-order valence-electron chi connectivity index (χ4n) is 3.09. The number of hydrogen-bond donors (Lipinski definition) is 0. The van der Waals surface area contributed by atoms with Crippen molar-refractivity contribution in [3.63, 3.8) is 0 Å². The second kappa shape index (κ2) is 9.23. The zero-order chi connectivity index (χ0) is 21.8. The van der Waals surface area contributed by atoms with E-state index >= 15 is 0 Å². The van der Waals surface area contributed by atoms with Crippen molar-refractivity contribution in [2.45, 2.75) is 65.3 Å². The quantitative estimate of drug-likeness (QED) is 0.364. The molecule has 30 heavy (non-hydrogen) atoms. The van der Waals surface area contributed by atoms with Gasteiger partial charge in [-0.3, -0.25) is 0 Å². The summed E-state index contributed by atoms with van der Waals surface area (Å²) in [6.45, 7) is 10.9. The Morgan fingerprint density at radius 1 is 1.00 bits per heavy atom. The van der Waals surface area contributed by atoms with E-state index in [0.29, 0.717) is 17.9 Å². The molecule has 0 aliphatic carbocycles. The van der Waals surface area contributed by atoms with Crippen molar-refractivity contribution in [2.24, 2.45) is 0 Å². The van der Waals surface area contributed by atoms with Gasteiger partial charge in [-0.05, 0) is 57.3 Å². The first-order valence-corrected chi connectivity index (χ1v) is 10.6. The molecular weight excluding hydrogens is 379 g/mol. The lowest BCUT2D eigenvalue weighted by Crippen LogP contribution is -2.41. The minimum atomic E-state index is -0.555. The number of rotatable bonds is 8. The van der Waals surface area contributed by atoms with Crippen molar-refractivity contribution >= 4 is 18.6 Å². The summed E-state index contributed by atoms with van der Waals surface area (Å²) >= 11 is 0. The number of esters is 1. The van der Waals surface area contributed by atoms with Crippen LogP contribution in [0.25, 0.3) is 0 Å². The molecule has 0 saturated carbocycles. The van der Waals surface area contributed by atoms with Gasteiger partial charge >= 0.3 is 13.1 Å². The predicted octanol–water partition coefficient (Wildman–Crippen LogP) is 4.52. The summed E-state index contributed by atoms with van der Waals surface area (Å²) in [6, 6.07) is 15.1. The molecule has 0 aromatic heterocycles. The van der Waals surface area contributed by atoms with Crippen LogP contribution in [-0.4, -0.2) is 30.9 Å². The van der Waals surface area contributed by atoms with Crippen LogP contribution in [0.4, 0.5) is 0 Å². The predicted molar refractivity (Wildman–Crippen MR) is 118 cm³/mol. The summed E-state index contributed by atoms with van der Waals surface area (Å²) in [5, 5.41) is 0. The molecule has 2 aromatic rings. The maximum absolute atomic E-state index is 12.9. The lowest BCUT2D eigenvalue weighted by Gasteiger charge is -2.32. The van der Waals surface area contributed by atoms with Crippen LogP contribution in [0.3, 0.4) is 0 Å². The Hall–Kier alpha value is -2.31. The van der Waals surface area contributed by atoms with E-state index in [4.69, 9.17) is 18.8 Å². The van der Waals surface area contributed by atoms with Gasteiger partial charge in [0.05, 0.1) is 17.8 Å². The van der Waals surface area contributed by atoms with Crippen LogP contribution in [0.2, 0.25) is 0 Å². The van der Waals surface area contributed by atoms with Crippen LogP contribution in [0.5, 0.6) is 5.75 Å². The molecule has 1 aliphatic rings. The summed E-state index contributed by atoms with van der Waals surface area (Å²) in [6.07, 6.45) is 1.93. The van der Waals surface area contributed by atoms with Crippen LogP contribution in [-0.2, 0) is 20.7 Å². The molecule has 2 aromatic carbocycles. The number of hydrogen-bond acceptors (Lipinski definition) is 5. The molecule has 3 rings (SSSR count). The maximum Gasteiger partial charge on any atom is 0.494 e. The fourth-order valence-corrected chi connectivity index (χ4v) is 3.09. The molecule has 5 nitrogen and oxygen atoms in total. The van der Waals surface area contributed by atoms with E-state index in [9.17, 15) is 4.79 Å². The minimum absolute atomic E-state index is 0.203. The van der Waals surface area contributed by atoms with E-state index in [-0.39, 0.29) is 6.61 Å². The Labute approximate surface area is 179 Å². The van der Waals surface area contributed by atoms with Crippen LogP contribution in [0, 0.1) is 0 Å². The largest absolute Gasteiger partial charge is 0.494 e. The summed E-state index contributed by atoms with van der Waals surface area (Å²) < 4.78 is 23.7. The lowest BCUT2D eigenvalue weighted by molar-refractivity contribution is 0.00578. The van der Waals surface area contributed by atoms with Gasteiger partial charge in [-0.25, -0.2) is 4.79 Å². The highest BCUT2D eigenvalue weighted by atomic mass is 16.7. The van der Waals surface area contributed by atoms with E-state index in [1.54, 1.807) is 12.1 Å². The second-order valence-corrected chi connectivity index (χ2v) is 8.61. The van der Waals surface area contributed by atoms with Gasteiger partial charge in [-0.1, -0.05) is 49.7 Å². The SMILES string of the molecule is CCCCOc1ccc(B2OC(C)(C)C(C)(C)O2)cc1C(=O)OCc1ccccc1. The van der Waals surface area contributed by atoms with Gasteiger partial charge in [-0.15, -0.1) is 0 Å². The maximum atomic E-state index is 12.9. The van der Waals surface area contributed by atoms with Crippen molar-refractivity contribution in [1.82, 2.24) is 0 Å². The highest BCUT2D eigenvalue weighted by molar-refractivity contribution is 6.62. The normalized spacial score (nSPS) is 17.0. The molecule has 0 unspecified atom stereocenters. The standard InChI is InChI=1S/C24H31BO5/c1-6-7-15-27-21-14-13-19(25-29-23(2,3)24(4,5)30-25)16-20(21)22(26)28-17-18-11-9-8-10-12-18/h8-14,16H,6-7,15,17H2,1-5H3. The van der Waals surface area contributed by atoms with Crippen LogP contribution in [0.1, 0.15) is 63.4 Å². The smallest absolute Gasteiger partial charge is 0.493 e. The zero-order valence-electron chi connectivity index (χ0n) is 18.6. The van der Waals surface area contributed by atoms with Gasteiger partial charge in [0.2, 0.25) is 0 Å². The molecule has 1 fully saturated rings. The number of ether oxygens (including phenoxy) is 2. The van der Waals surface area contributed by atoms with E-state index in [0.717, 1.165) is 23.9 Å². The molecule has 1 aliphatic heterocycles. The van der Waals surface area contributed by atoms with Crippen LogP contribution < -0.4 is 10.2 Å². The molecule has 1 heterocycles. The molecule has 0 amide bonds. The topological polar surface area (TPSA) is 54.0 Å². The van der Waals surface area contributed by atoms with Gasteiger partial charge in [0.25, 0.3) is 0 Å². The number of benzene rings is 2.